The second kappa shape index (κ2) is 8.65. The number of likely N-dealkylation sites (N-methyl/N-ethyl adjacent to an activating group) is 1. The molecule has 1 N–H and O–H groups in total. The Balaban J connectivity index is 1.72. The van der Waals surface area contributed by atoms with Crippen LogP contribution in [0.2, 0.25) is 0 Å². The molecule has 0 saturated heterocycles. The zero-order valence-corrected chi connectivity index (χ0v) is 16.5. The van der Waals surface area contributed by atoms with Gasteiger partial charge in [0.05, 0.1) is 17.6 Å². The van der Waals surface area contributed by atoms with Gasteiger partial charge in [-0.1, -0.05) is 42.0 Å². The van der Waals surface area contributed by atoms with Crippen LogP contribution in [0.5, 0.6) is 0 Å². The highest BCUT2D eigenvalue weighted by molar-refractivity contribution is 6.07. The Morgan fingerprint density at radius 2 is 1.79 bits per heavy atom. The summed E-state index contributed by atoms with van der Waals surface area (Å²) in [5.74, 6) is -0.365. The topological polar surface area (TPSA) is 62.3 Å². The maximum atomic E-state index is 12.8. The number of aryl methyl sites for hydroxylation is 2. The highest BCUT2D eigenvalue weighted by atomic mass is 16.2. The molecule has 144 valence electrons. The predicted molar refractivity (Wildman–Crippen MR) is 111 cm³/mol. The molecule has 0 saturated carbocycles. The van der Waals surface area contributed by atoms with Crippen molar-refractivity contribution in [1.29, 1.82) is 0 Å². The fourth-order valence-corrected chi connectivity index (χ4v) is 3.20. The van der Waals surface area contributed by atoms with Crippen LogP contribution in [-0.4, -0.2) is 34.8 Å². The van der Waals surface area contributed by atoms with Gasteiger partial charge in [-0.15, -0.1) is 0 Å². The highest BCUT2D eigenvalue weighted by Gasteiger charge is 2.16. The Morgan fingerprint density at radius 1 is 1.04 bits per heavy atom. The lowest BCUT2D eigenvalue weighted by atomic mass is 10.0. The van der Waals surface area contributed by atoms with Gasteiger partial charge in [0.2, 0.25) is 5.91 Å². The van der Waals surface area contributed by atoms with Crippen LogP contribution < -0.4 is 5.32 Å². The van der Waals surface area contributed by atoms with E-state index in [0.29, 0.717) is 18.7 Å². The normalized spacial score (nSPS) is 10.7. The minimum absolute atomic E-state index is 0.0335. The first-order chi connectivity index (χ1) is 13.5. The van der Waals surface area contributed by atoms with Crippen LogP contribution in [0.1, 0.15) is 34.1 Å². The largest absolute Gasteiger partial charge is 0.343 e. The fraction of sp³-hybridized carbons (Fsp3) is 0.261. The molecule has 2 aromatic carbocycles. The van der Waals surface area contributed by atoms with Crippen LogP contribution in [-0.2, 0) is 11.3 Å². The van der Waals surface area contributed by atoms with Gasteiger partial charge in [-0.3, -0.25) is 14.6 Å². The van der Waals surface area contributed by atoms with Crippen molar-refractivity contribution in [1.82, 2.24) is 15.2 Å². The van der Waals surface area contributed by atoms with Gasteiger partial charge in [0.25, 0.3) is 5.91 Å². The standard InChI is InChI=1S/C23H25N3O2/c1-4-26(15-18-8-6-5-7-9-18)22(27)14-24-23(28)20-13-17(3)25-21-11-10-16(2)12-19(20)21/h5-13H,4,14-15H2,1-3H3,(H,24,28). The van der Waals surface area contributed by atoms with Crippen molar-refractivity contribution in [2.45, 2.75) is 27.3 Å². The number of rotatable bonds is 6. The summed E-state index contributed by atoms with van der Waals surface area (Å²) in [6, 6.07) is 17.4. The number of fused-ring (bicyclic) bond motifs is 1. The van der Waals surface area contributed by atoms with Crippen LogP contribution in [0.15, 0.2) is 54.6 Å². The second-order valence-electron chi connectivity index (χ2n) is 6.91. The average Bonchev–Trinajstić information content (AvgIpc) is 2.70. The lowest BCUT2D eigenvalue weighted by molar-refractivity contribution is -0.130. The highest BCUT2D eigenvalue weighted by Crippen LogP contribution is 2.20. The number of hydrogen-bond acceptors (Lipinski definition) is 3. The van der Waals surface area contributed by atoms with E-state index in [9.17, 15) is 9.59 Å². The smallest absolute Gasteiger partial charge is 0.252 e. The maximum absolute atomic E-state index is 12.8. The first kappa shape index (κ1) is 19.5. The first-order valence-electron chi connectivity index (χ1n) is 9.46. The third-order valence-corrected chi connectivity index (χ3v) is 4.69. The minimum Gasteiger partial charge on any atom is -0.343 e. The van der Waals surface area contributed by atoms with Crippen LogP contribution in [0.25, 0.3) is 10.9 Å². The molecule has 0 radical (unpaired) electrons. The number of pyridine rings is 1. The summed E-state index contributed by atoms with van der Waals surface area (Å²) >= 11 is 0. The average molecular weight is 375 g/mol. The third-order valence-electron chi connectivity index (χ3n) is 4.69. The first-order valence-corrected chi connectivity index (χ1v) is 9.46. The van der Waals surface area contributed by atoms with E-state index in [0.717, 1.165) is 27.7 Å². The molecule has 3 rings (SSSR count). The summed E-state index contributed by atoms with van der Waals surface area (Å²) in [5.41, 5.74) is 4.22. The van der Waals surface area contributed by atoms with Crippen LogP contribution in [0.3, 0.4) is 0 Å². The van der Waals surface area contributed by atoms with Crippen LogP contribution in [0.4, 0.5) is 0 Å². The SMILES string of the molecule is CCN(Cc1ccccc1)C(=O)CNC(=O)c1cc(C)nc2ccc(C)cc12. The van der Waals surface area contributed by atoms with Crippen molar-refractivity contribution in [2.24, 2.45) is 0 Å². The third kappa shape index (κ3) is 4.55. The van der Waals surface area contributed by atoms with E-state index in [2.05, 4.69) is 10.3 Å². The Bertz CT molecular complexity index is 999. The van der Waals surface area contributed by atoms with Gasteiger partial charge in [-0.05, 0) is 44.5 Å². The molecule has 5 heteroatoms. The summed E-state index contributed by atoms with van der Waals surface area (Å²) in [7, 11) is 0. The number of aromatic nitrogens is 1. The van der Waals surface area contributed by atoms with E-state index in [1.54, 1.807) is 11.0 Å². The summed E-state index contributed by atoms with van der Waals surface area (Å²) < 4.78 is 0. The molecule has 28 heavy (non-hydrogen) atoms. The van der Waals surface area contributed by atoms with Crippen LogP contribution in [0, 0.1) is 13.8 Å². The lowest BCUT2D eigenvalue weighted by Crippen LogP contribution is -2.39. The molecular weight excluding hydrogens is 350 g/mol. The number of carbonyl (C=O) groups excluding carboxylic acids is 2. The molecule has 5 nitrogen and oxygen atoms in total. The molecule has 0 aliphatic rings. The monoisotopic (exact) mass is 375 g/mol. The van der Waals surface area contributed by atoms with E-state index in [-0.39, 0.29) is 18.4 Å². The Morgan fingerprint density at radius 3 is 2.50 bits per heavy atom. The van der Waals surface area contributed by atoms with Gasteiger partial charge in [0, 0.05) is 24.2 Å². The van der Waals surface area contributed by atoms with E-state index in [1.165, 1.54) is 0 Å². The van der Waals surface area contributed by atoms with E-state index in [4.69, 9.17) is 0 Å². The molecule has 0 aliphatic carbocycles. The van der Waals surface area contributed by atoms with Crippen molar-refractivity contribution in [3.05, 3.63) is 77.0 Å². The van der Waals surface area contributed by atoms with Gasteiger partial charge in [-0.2, -0.15) is 0 Å². The Hall–Kier alpha value is -3.21. The van der Waals surface area contributed by atoms with Crippen molar-refractivity contribution in [3.63, 3.8) is 0 Å². The number of benzene rings is 2. The van der Waals surface area contributed by atoms with Crippen molar-refractivity contribution in [2.75, 3.05) is 13.1 Å². The summed E-state index contributed by atoms with van der Waals surface area (Å²) in [5, 5.41) is 3.58. The van der Waals surface area contributed by atoms with Gasteiger partial charge in [0.15, 0.2) is 0 Å². The summed E-state index contributed by atoms with van der Waals surface area (Å²) in [6.07, 6.45) is 0. The predicted octanol–water partition coefficient (Wildman–Crippen LogP) is 3.63. The van der Waals surface area contributed by atoms with Gasteiger partial charge in [-0.25, -0.2) is 0 Å². The summed E-state index contributed by atoms with van der Waals surface area (Å²) in [6.45, 7) is 6.86. The minimum atomic E-state index is -0.259. The van der Waals surface area contributed by atoms with Gasteiger partial charge in [0.1, 0.15) is 0 Å². The molecular formula is C23H25N3O2. The van der Waals surface area contributed by atoms with Crippen LogP contribution >= 0.6 is 0 Å². The molecule has 1 heterocycles. The fourth-order valence-electron chi connectivity index (χ4n) is 3.20. The van der Waals surface area contributed by atoms with E-state index >= 15 is 0 Å². The molecule has 2 amide bonds. The zero-order chi connectivity index (χ0) is 20.1. The molecule has 0 aliphatic heterocycles. The zero-order valence-electron chi connectivity index (χ0n) is 16.5. The molecule has 0 spiro atoms. The molecule has 0 fully saturated rings. The molecule has 0 unspecified atom stereocenters. The number of amides is 2. The lowest BCUT2D eigenvalue weighted by Gasteiger charge is -2.21. The van der Waals surface area contributed by atoms with E-state index < -0.39 is 0 Å². The number of nitrogens with one attached hydrogen (secondary N) is 1. The number of nitrogens with zero attached hydrogens (tertiary/aromatic N) is 2. The molecule has 1 aromatic heterocycles. The van der Waals surface area contributed by atoms with Crippen molar-refractivity contribution in [3.8, 4) is 0 Å². The molecule has 0 bridgehead atoms. The summed E-state index contributed by atoms with van der Waals surface area (Å²) in [4.78, 5) is 31.6. The Labute approximate surface area is 165 Å². The maximum Gasteiger partial charge on any atom is 0.252 e. The van der Waals surface area contributed by atoms with Crippen molar-refractivity contribution >= 4 is 22.7 Å². The van der Waals surface area contributed by atoms with E-state index in [1.807, 2.05) is 69.3 Å². The number of carbonyl (C=O) groups is 2. The quantitative estimate of drug-likeness (QED) is 0.716. The van der Waals surface area contributed by atoms with Gasteiger partial charge >= 0.3 is 0 Å². The van der Waals surface area contributed by atoms with Crippen molar-refractivity contribution < 1.29 is 9.59 Å². The second-order valence-corrected chi connectivity index (χ2v) is 6.91. The Kier molecular flexibility index (Phi) is 6.04. The molecule has 3 aromatic rings. The van der Waals surface area contributed by atoms with Gasteiger partial charge < -0.3 is 10.2 Å². The number of hydrogen-bond donors (Lipinski definition) is 1. The molecule has 0 atom stereocenters.